The van der Waals surface area contributed by atoms with Gasteiger partial charge in [-0.05, 0) is 0 Å². The molecule has 0 radical (unpaired) electrons. The Hall–Kier alpha value is -2.06. The predicted molar refractivity (Wildman–Crippen MR) is 73.2 cm³/mol. The van der Waals surface area contributed by atoms with Crippen molar-refractivity contribution in [2.45, 2.75) is 19.4 Å². The number of fused-ring (bicyclic) bond motifs is 1. The Bertz CT molecular complexity index is 675. The van der Waals surface area contributed by atoms with Gasteiger partial charge in [-0.15, -0.1) is 0 Å². The molecule has 0 bridgehead atoms. The van der Waals surface area contributed by atoms with E-state index in [1.54, 1.807) is 0 Å². The lowest BCUT2D eigenvalue weighted by Gasteiger charge is -2.11. The Morgan fingerprint density at radius 2 is 2.05 bits per heavy atom. The predicted octanol–water partition coefficient (Wildman–Crippen LogP) is 2.25. The highest BCUT2D eigenvalue weighted by atomic mass is 35.5. The molecule has 1 aliphatic heterocycles. The van der Waals surface area contributed by atoms with Gasteiger partial charge in [0.1, 0.15) is 21.5 Å². The number of nitro benzene ring substituents is 1. The Balaban J connectivity index is 2.71. The zero-order valence-electron chi connectivity index (χ0n) is 10.5. The molecule has 1 heterocycles. The van der Waals surface area contributed by atoms with E-state index in [-0.39, 0.29) is 28.4 Å². The Kier molecular flexibility index (Phi) is 3.93. The van der Waals surface area contributed by atoms with E-state index in [4.69, 9.17) is 33.0 Å². The fraction of sp³-hybridized carbons (Fsp3) is 0.273. The van der Waals surface area contributed by atoms with Crippen molar-refractivity contribution in [3.63, 3.8) is 0 Å². The first-order chi connectivity index (χ1) is 9.73. The Morgan fingerprint density at radius 1 is 1.43 bits per heavy atom. The van der Waals surface area contributed by atoms with Gasteiger partial charge in [0, 0.05) is 18.9 Å². The Morgan fingerprint density at radius 3 is 2.52 bits per heavy atom. The summed E-state index contributed by atoms with van der Waals surface area (Å²) >= 11 is 11.7. The molecule has 0 aromatic heterocycles. The maximum absolute atomic E-state index is 11.2. The van der Waals surface area contributed by atoms with Crippen molar-refractivity contribution in [1.82, 2.24) is 0 Å². The number of nitrogens with one attached hydrogen (secondary N) is 1. The van der Waals surface area contributed by atoms with Crippen molar-refractivity contribution < 1.29 is 24.4 Å². The van der Waals surface area contributed by atoms with Crippen LogP contribution in [0.2, 0.25) is 10.0 Å². The van der Waals surface area contributed by atoms with Gasteiger partial charge >= 0.3 is 11.7 Å². The number of rotatable bonds is 3. The highest BCUT2D eigenvalue weighted by Crippen LogP contribution is 2.50. The summed E-state index contributed by atoms with van der Waals surface area (Å²) in [7, 11) is 0. The quantitative estimate of drug-likeness (QED) is 0.646. The fourth-order valence-corrected chi connectivity index (χ4v) is 2.51. The zero-order valence-corrected chi connectivity index (χ0v) is 12.0. The normalized spacial score (nSPS) is 16.0. The molecule has 1 aliphatic rings. The van der Waals surface area contributed by atoms with Gasteiger partial charge in [0.2, 0.25) is 5.91 Å². The highest BCUT2D eigenvalue weighted by molar-refractivity contribution is 6.45. The summed E-state index contributed by atoms with van der Waals surface area (Å²) in [5.41, 5.74) is -0.649. The van der Waals surface area contributed by atoms with Gasteiger partial charge in [0.15, 0.2) is 6.10 Å². The standard InChI is InChI=1S/C11H8Cl2N2O6/c1-3(16)14-8-4-2-5(11(17)18)21-10(4)7(13)6(12)9(8)15(19)20/h5H,2H2,1H3,(H,14,16)(H,17,18). The SMILES string of the molecule is CC(=O)Nc1c2c(c(Cl)c(Cl)c1[N+](=O)[O-])OC(C(=O)O)C2. The molecule has 1 aromatic carbocycles. The third kappa shape index (κ3) is 2.59. The lowest BCUT2D eigenvalue weighted by molar-refractivity contribution is -0.383. The number of carboxylic acid groups (broad SMARTS) is 1. The molecule has 112 valence electrons. The summed E-state index contributed by atoms with van der Waals surface area (Å²) in [6.07, 6.45) is -1.42. The smallest absolute Gasteiger partial charge is 0.345 e. The maximum atomic E-state index is 11.2. The first-order valence-electron chi connectivity index (χ1n) is 5.59. The van der Waals surface area contributed by atoms with E-state index in [0.29, 0.717) is 0 Å². The fourth-order valence-electron chi connectivity index (χ4n) is 2.01. The molecule has 0 aliphatic carbocycles. The average Bonchev–Trinajstić information content (AvgIpc) is 2.80. The monoisotopic (exact) mass is 334 g/mol. The van der Waals surface area contributed by atoms with Gasteiger partial charge in [-0.3, -0.25) is 14.9 Å². The lowest BCUT2D eigenvalue weighted by atomic mass is 10.1. The number of hydrogen-bond donors (Lipinski definition) is 2. The van der Waals surface area contributed by atoms with Crippen LogP contribution in [0.4, 0.5) is 11.4 Å². The van der Waals surface area contributed by atoms with E-state index in [0.717, 1.165) is 6.92 Å². The minimum Gasteiger partial charge on any atom is -0.478 e. The highest BCUT2D eigenvalue weighted by Gasteiger charge is 2.39. The number of ether oxygens (including phenoxy) is 1. The molecule has 0 saturated heterocycles. The number of nitrogens with zero attached hydrogens (tertiary/aromatic N) is 1. The molecule has 8 nitrogen and oxygen atoms in total. The molecular formula is C11H8Cl2N2O6. The van der Waals surface area contributed by atoms with E-state index < -0.39 is 33.6 Å². The lowest BCUT2D eigenvalue weighted by Crippen LogP contribution is -2.24. The topological polar surface area (TPSA) is 119 Å². The zero-order chi connectivity index (χ0) is 15.9. The number of amides is 1. The van der Waals surface area contributed by atoms with Gasteiger partial charge in [0.25, 0.3) is 0 Å². The molecule has 10 heteroatoms. The molecule has 1 atom stereocenters. The summed E-state index contributed by atoms with van der Waals surface area (Å²) in [5.74, 6) is -1.89. The van der Waals surface area contributed by atoms with Crippen molar-refractivity contribution in [2.24, 2.45) is 0 Å². The molecule has 2 N–H and O–H groups in total. The van der Waals surface area contributed by atoms with E-state index >= 15 is 0 Å². The van der Waals surface area contributed by atoms with Crippen LogP contribution in [0.5, 0.6) is 5.75 Å². The summed E-state index contributed by atoms with van der Waals surface area (Å²) < 4.78 is 5.15. The second kappa shape index (κ2) is 5.38. The van der Waals surface area contributed by atoms with Crippen molar-refractivity contribution in [3.8, 4) is 5.75 Å². The largest absolute Gasteiger partial charge is 0.478 e. The van der Waals surface area contributed by atoms with Crippen molar-refractivity contribution >= 4 is 46.5 Å². The van der Waals surface area contributed by atoms with Crippen LogP contribution in [-0.4, -0.2) is 28.0 Å². The van der Waals surface area contributed by atoms with E-state index in [1.165, 1.54) is 0 Å². The molecule has 0 spiro atoms. The number of hydrogen-bond acceptors (Lipinski definition) is 5. The number of nitro groups is 1. The number of benzene rings is 1. The van der Waals surface area contributed by atoms with Crippen LogP contribution in [-0.2, 0) is 16.0 Å². The number of carboxylic acids is 1. The van der Waals surface area contributed by atoms with E-state index in [9.17, 15) is 19.7 Å². The summed E-state index contributed by atoms with van der Waals surface area (Å²) in [5, 5.41) is 21.7. The van der Waals surface area contributed by atoms with E-state index in [2.05, 4.69) is 5.32 Å². The van der Waals surface area contributed by atoms with Crippen LogP contribution < -0.4 is 10.1 Å². The van der Waals surface area contributed by atoms with Crippen LogP contribution >= 0.6 is 23.2 Å². The molecular weight excluding hydrogens is 327 g/mol. The first kappa shape index (κ1) is 15.3. The maximum Gasteiger partial charge on any atom is 0.345 e. The number of carbonyl (C=O) groups excluding carboxylic acids is 1. The minimum atomic E-state index is -1.25. The van der Waals surface area contributed by atoms with Crippen LogP contribution in [0.25, 0.3) is 0 Å². The molecule has 0 fully saturated rings. The Labute approximate surface area is 127 Å². The summed E-state index contributed by atoms with van der Waals surface area (Å²) in [6.45, 7) is 1.16. The number of halogens is 2. The third-order valence-corrected chi connectivity index (χ3v) is 3.65. The molecule has 1 unspecified atom stereocenters. The number of anilines is 1. The molecule has 2 rings (SSSR count). The van der Waals surface area contributed by atoms with Gasteiger partial charge in [0.05, 0.1) is 4.92 Å². The van der Waals surface area contributed by atoms with Gasteiger partial charge in [-0.25, -0.2) is 4.79 Å². The molecule has 1 aromatic rings. The van der Waals surface area contributed by atoms with E-state index in [1.807, 2.05) is 0 Å². The summed E-state index contributed by atoms with van der Waals surface area (Å²) in [6, 6.07) is 0. The summed E-state index contributed by atoms with van der Waals surface area (Å²) in [4.78, 5) is 32.6. The second-order valence-electron chi connectivity index (χ2n) is 4.25. The van der Waals surface area contributed by atoms with Gasteiger partial charge < -0.3 is 15.2 Å². The molecule has 21 heavy (non-hydrogen) atoms. The van der Waals surface area contributed by atoms with Crippen LogP contribution in [0.3, 0.4) is 0 Å². The second-order valence-corrected chi connectivity index (χ2v) is 5.00. The molecule has 1 amide bonds. The first-order valence-corrected chi connectivity index (χ1v) is 6.34. The third-order valence-electron chi connectivity index (χ3n) is 2.82. The van der Waals surface area contributed by atoms with Crippen LogP contribution in [0.1, 0.15) is 12.5 Å². The van der Waals surface area contributed by atoms with Crippen LogP contribution in [0.15, 0.2) is 0 Å². The van der Waals surface area contributed by atoms with Crippen LogP contribution in [0, 0.1) is 10.1 Å². The number of carbonyl (C=O) groups is 2. The van der Waals surface area contributed by atoms with Crippen molar-refractivity contribution in [1.29, 1.82) is 0 Å². The van der Waals surface area contributed by atoms with Gasteiger partial charge in [-0.2, -0.15) is 0 Å². The van der Waals surface area contributed by atoms with Gasteiger partial charge in [-0.1, -0.05) is 23.2 Å². The minimum absolute atomic E-state index is 0.0663. The average molecular weight is 335 g/mol. The van der Waals surface area contributed by atoms with Crippen molar-refractivity contribution in [3.05, 3.63) is 25.7 Å². The number of aliphatic carboxylic acids is 1. The molecule has 0 saturated carbocycles. The van der Waals surface area contributed by atoms with Crippen molar-refractivity contribution in [2.75, 3.05) is 5.32 Å².